The first-order chi connectivity index (χ1) is 10.8. The molecule has 1 aromatic rings. The van der Waals surface area contributed by atoms with Crippen LogP contribution < -0.4 is 0 Å². The third-order valence-corrected chi connectivity index (χ3v) is 5.52. The molecule has 23 heavy (non-hydrogen) atoms. The minimum absolute atomic E-state index is 0.0908. The van der Waals surface area contributed by atoms with Crippen molar-refractivity contribution in [2.24, 2.45) is 11.3 Å². The number of esters is 1. The second-order valence-electron chi connectivity index (χ2n) is 7.10. The van der Waals surface area contributed by atoms with E-state index in [9.17, 15) is 18.0 Å². The Bertz CT molecular complexity index is 635. The van der Waals surface area contributed by atoms with Crippen molar-refractivity contribution in [2.45, 2.75) is 43.5 Å². The maximum Gasteiger partial charge on any atom is 0.522 e. The molecule has 4 saturated carbocycles. The number of ether oxygens (including phenoxy) is 2. The summed E-state index contributed by atoms with van der Waals surface area (Å²) in [5, 5.41) is 4.37. The zero-order valence-electron chi connectivity index (χ0n) is 12.6. The predicted octanol–water partition coefficient (Wildman–Crippen LogP) is 2.58. The highest BCUT2D eigenvalue weighted by Gasteiger charge is 2.74. The Morgan fingerprint density at radius 2 is 2.13 bits per heavy atom. The normalized spacial score (nSPS) is 37.7. The van der Waals surface area contributed by atoms with Gasteiger partial charge >= 0.3 is 12.3 Å². The molecule has 0 spiro atoms. The van der Waals surface area contributed by atoms with E-state index in [-0.39, 0.29) is 35.4 Å². The Balaban J connectivity index is 1.35. The van der Waals surface area contributed by atoms with E-state index < -0.39 is 6.36 Å². The molecule has 5 nitrogen and oxygen atoms in total. The van der Waals surface area contributed by atoms with Crippen molar-refractivity contribution in [1.82, 2.24) is 9.78 Å². The molecule has 4 aliphatic rings. The Kier molecular flexibility index (Phi) is 2.93. The lowest BCUT2D eigenvalue weighted by Gasteiger charge is -2.67. The molecule has 8 heteroatoms. The predicted molar refractivity (Wildman–Crippen MR) is 71.4 cm³/mol. The van der Waals surface area contributed by atoms with Crippen LogP contribution >= 0.6 is 0 Å². The number of hydrogen-bond donors (Lipinski definition) is 0. The SMILES string of the molecule is COC(=O)C12CC(n3cc([C@@H]4C[C@H]4COC(F)(F)F)cn3)(C1)C2. The van der Waals surface area contributed by atoms with Crippen molar-refractivity contribution in [1.29, 1.82) is 0 Å². The summed E-state index contributed by atoms with van der Waals surface area (Å²) in [4.78, 5) is 11.7. The topological polar surface area (TPSA) is 53.4 Å². The lowest BCUT2D eigenvalue weighted by Crippen LogP contribution is -2.71. The molecular weight excluding hydrogens is 313 g/mol. The van der Waals surface area contributed by atoms with Gasteiger partial charge in [-0.2, -0.15) is 5.10 Å². The van der Waals surface area contributed by atoms with Crippen LogP contribution in [0.1, 0.15) is 37.2 Å². The molecular formula is C15H17F3N2O3. The molecule has 4 fully saturated rings. The van der Waals surface area contributed by atoms with Crippen molar-refractivity contribution in [3.05, 3.63) is 18.0 Å². The molecule has 126 valence electrons. The molecule has 0 radical (unpaired) electrons. The van der Waals surface area contributed by atoms with Gasteiger partial charge in [0.25, 0.3) is 0 Å². The van der Waals surface area contributed by atoms with Gasteiger partial charge in [-0.1, -0.05) is 0 Å². The van der Waals surface area contributed by atoms with Crippen LogP contribution in [0.5, 0.6) is 0 Å². The molecule has 0 saturated heterocycles. The summed E-state index contributed by atoms with van der Waals surface area (Å²) >= 11 is 0. The molecule has 0 aromatic carbocycles. The highest BCUT2D eigenvalue weighted by Crippen LogP contribution is 2.71. The van der Waals surface area contributed by atoms with Crippen LogP contribution in [-0.4, -0.2) is 35.8 Å². The van der Waals surface area contributed by atoms with Gasteiger partial charge in [-0.25, -0.2) is 0 Å². The maximum atomic E-state index is 12.0. The first-order valence-electron chi connectivity index (χ1n) is 7.61. The van der Waals surface area contributed by atoms with Crippen molar-refractivity contribution in [3.8, 4) is 0 Å². The number of carbonyl (C=O) groups is 1. The molecule has 5 rings (SSSR count). The smallest absolute Gasteiger partial charge is 0.469 e. The minimum atomic E-state index is -4.56. The maximum absolute atomic E-state index is 12.0. The zero-order valence-corrected chi connectivity index (χ0v) is 12.6. The number of methoxy groups -OCH3 is 1. The van der Waals surface area contributed by atoms with E-state index in [4.69, 9.17) is 4.74 Å². The molecule has 1 heterocycles. The van der Waals surface area contributed by atoms with Crippen molar-refractivity contribution < 1.29 is 27.4 Å². The fourth-order valence-electron chi connectivity index (χ4n) is 4.24. The van der Waals surface area contributed by atoms with E-state index in [2.05, 4.69) is 9.84 Å². The number of hydrogen-bond acceptors (Lipinski definition) is 4. The summed E-state index contributed by atoms with van der Waals surface area (Å²) in [5.41, 5.74) is 0.528. The average molecular weight is 330 g/mol. The van der Waals surface area contributed by atoms with Crippen LogP contribution in [0.4, 0.5) is 13.2 Å². The molecule has 0 amide bonds. The van der Waals surface area contributed by atoms with E-state index in [1.165, 1.54) is 7.11 Å². The molecule has 4 aliphatic carbocycles. The van der Waals surface area contributed by atoms with E-state index in [0.29, 0.717) is 6.42 Å². The van der Waals surface area contributed by atoms with Crippen LogP contribution in [0.3, 0.4) is 0 Å². The fourth-order valence-corrected chi connectivity index (χ4v) is 4.24. The number of nitrogens with zero attached hydrogens (tertiary/aromatic N) is 2. The Hall–Kier alpha value is -1.57. The van der Waals surface area contributed by atoms with Gasteiger partial charge in [-0.3, -0.25) is 14.2 Å². The number of halogens is 3. The summed E-state index contributed by atoms with van der Waals surface area (Å²) in [6.07, 6.45) is 1.98. The van der Waals surface area contributed by atoms with Crippen LogP contribution in [0, 0.1) is 11.3 Å². The summed E-state index contributed by atoms with van der Waals surface area (Å²) in [6, 6.07) is 0. The first-order valence-corrected chi connectivity index (χ1v) is 7.61. The number of aromatic nitrogens is 2. The highest BCUT2D eigenvalue weighted by molar-refractivity contribution is 5.81. The van der Waals surface area contributed by atoms with Gasteiger partial charge in [-0.15, -0.1) is 13.2 Å². The van der Waals surface area contributed by atoms with Crippen LogP contribution in [0.2, 0.25) is 0 Å². The third kappa shape index (κ3) is 2.26. The van der Waals surface area contributed by atoms with Gasteiger partial charge in [-0.05, 0) is 43.1 Å². The molecule has 1 aromatic heterocycles. The van der Waals surface area contributed by atoms with Gasteiger partial charge in [0.15, 0.2) is 0 Å². The lowest BCUT2D eigenvalue weighted by atomic mass is 9.39. The second kappa shape index (κ2) is 4.49. The van der Waals surface area contributed by atoms with Crippen molar-refractivity contribution >= 4 is 5.97 Å². The monoisotopic (exact) mass is 330 g/mol. The Labute approximate surface area is 130 Å². The molecule has 0 unspecified atom stereocenters. The molecule has 0 N–H and O–H groups in total. The number of alkyl halides is 3. The standard InChI is InChI=1S/C15H17F3N2O3/c1-22-12(21)13-6-14(7-13,8-13)20-4-10(3-19-20)11-2-9(11)5-23-15(16,17)18/h3-4,9,11H,2,5-8H2,1H3/t9-,11+,13?,14?/m0/s1. The van der Waals surface area contributed by atoms with E-state index in [1.807, 2.05) is 10.9 Å². The van der Waals surface area contributed by atoms with Gasteiger partial charge in [0, 0.05) is 6.20 Å². The number of rotatable bonds is 5. The zero-order chi connectivity index (χ0) is 16.5. The fraction of sp³-hybridized carbons (Fsp3) is 0.733. The quantitative estimate of drug-likeness (QED) is 0.779. The van der Waals surface area contributed by atoms with Gasteiger partial charge < -0.3 is 4.74 Å². The van der Waals surface area contributed by atoms with Crippen molar-refractivity contribution in [2.75, 3.05) is 13.7 Å². The molecule has 0 aliphatic heterocycles. The van der Waals surface area contributed by atoms with Gasteiger partial charge in [0.05, 0.1) is 30.9 Å². The summed E-state index contributed by atoms with van der Waals surface area (Å²) in [7, 11) is 1.40. The van der Waals surface area contributed by atoms with Gasteiger partial charge in [0.2, 0.25) is 0 Å². The summed E-state index contributed by atoms with van der Waals surface area (Å²) in [5.74, 6) is -0.157. The second-order valence-corrected chi connectivity index (χ2v) is 7.10. The van der Waals surface area contributed by atoms with Crippen molar-refractivity contribution in [3.63, 3.8) is 0 Å². The van der Waals surface area contributed by atoms with Crippen LogP contribution in [0.25, 0.3) is 0 Å². The lowest BCUT2D eigenvalue weighted by molar-refractivity contribution is -0.326. The highest BCUT2D eigenvalue weighted by atomic mass is 19.4. The Morgan fingerprint density at radius 3 is 2.74 bits per heavy atom. The number of carbonyl (C=O) groups excluding carboxylic acids is 1. The van der Waals surface area contributed by atoms with E-state index >= 15 is 0 Å². The van der Waals surface area contributed by atoms with Crippen LogP contribution in [-0.2, 0) is 19.8 Å². The van der Waals surface area contributed by atoms with Crippen LogP contribution in [0.15, 0.2) is 12.4 Å². The summed E-state index contributed by atoms with van der Waals surface area (Å²) < 4.78 is 46.7. The average Bonchev–Trinajstić information content (AvgIpc) is 3.01. The van der Waals surface area contributed by atoms with Gasteiger partial charge in [0.1, 0.15) is 0 Å². The first kappa shape index (κ1) is 15.0. The molecule has 2 atom stereocenters. The largest absolute Gasteiger partial charge is 0.522 e. The Morgan fingerprint density at radius 1 is 1.43 bits per heavy atom. The third-order valence-electron chi connectivity index (χ3n) is 5.52. The minimum Gasteiger partial charge on any atom is -0.469 e. The molecule has 2 bridgehead atoms. The van der Waals surface area contributed by atoms with E-state index in [1.54, 1.807) is 6.20 Å². The van der Waals surface area contributed by atoms with E-state index in [0.717, 1.165) is 24.8 Å². The summed E-state index contributed by atoms with van der Waals surface area (Å²) in [6.45, 7) is -0.296.